The van der Waals surface area contributed by atoms with Crippen LogP contribution in [-0.4, -0.2) is 29.2 Å². The number of alkyl halides is 2. The third-order valence-electron chi connectivity index (χ3n) is 2.46. The van der Waals surface area contributed by atoms with Gasteiger partial charge in [-0.15, -0.1) is 0 Å². The zero-order valence-corrected chi connectivity index (χ0v) is 8.06. The molecular formula is C9H14F2O3. The topological polar surface area (TPSA) is 46.5 Å². The minimum absolute atomic E-state index is 0.150. The van der Waals surface area contributed by atoms with Gasteiger partial charge in [0.1, 0.15) is 0 Å². The highest BCUT2D eigenvalue weighted by Crippen LogP contribution is 2.38. The Hall–Kier alpha value is -0.710. The van der Waals surface area contributed by atoms with E-state index in [4.69, 9.17) is 0 Å². The monoisotopic (exact) mass is 208 g/mol. The molecule has 0 radical (unpaired) electrons. The van der Waals surface area contributed by atoms with Gasteiger partial charge in [-0.1, -0.05) is 0 Å². The minimum Gasteiger partial charge on any atom is -0.464 e. The first-order chi connectivity index (χ1) is 6.40. The molecule has 1 aliphatic rings. The minimum atomic E-state index is -2.75. The highest BCUT2D eigenvalue weighted by Gasteiger charge is 2.47. The summed E-state index contributed by atoms with van der Waals surface area (Å²) in [6.45, 7) is 1.76. The van der Waals surface area contributed by atoms with Crippen LogP contribution in [0.25, 0.3) is 0 Å². The van der Waals surface area contributed by atoms with Crippen molar-refractivity contribution in [3.05, 3.63) is 0 Å². The molecule has 0 bridgehead atoms. The summed E-state index contributed by atoms with van der Waals surface area (Å²) in [4.78, 5) is 11.2. The van der Waals surface area contributed by atoms with Crippen molar-refractivity contribution in [1.29, 1.82) is 0 Å². The molecule has 14 heavy (non-hydrogen) atoms. The first-order valence-corrected chi connectivity index (χ1v) is 4.67. The molecule has 0 spiro atoms. The smallest absolute Gasteiger partial charge is 0.338 e. The van der Waals surface area contributed by atoms with Gasteiger partial charge in [-0.3, -0.25) is 0 Å². The van der Waals surface area contributed by atoms with Crippen LogP contribution < -0.4 is 0 Å². The van der Waals surface area contributed by atoms with Gasteiger partial charge in [-0.05, 0) is 19.8 Å². The van der Waals surface area contributed by atoms with Crippen LogP contribution in [-0.2, 0) is 9.53 Å². The number of hydrogen-bond acceptors (Lipinski definition) is 3. The molecule has 1 fully saturated rings. The zero-order chi connectivity index (χ0) is 10.8. The maximum absolute atomic E-state index is 12.7. The van der Waals surface area contributed by atoms with Crippen molar-refractivity contribution >= 4 is 5.97 Å². The van der Waals surface area contributed by atoms with Crippen molar-refractivity contribution in [3.63, 3.8) is 0 Å². The van der Waals surface area contributed by atoms with Crippen LogP contribution in [0.3, 0.4) is 0 Å². The van der Waals surface area contributed by atoms with Gasteiger partial charge in [0, 0.05) is 12.8 Å². The highest BCUT2D eigenvalue weighted by molar-refractivity contribution is 5.79. The number of halogens is 2. The number of aliphatic hydroxyl groups is 1. The molecule has 0 heterocycles. The van der Waals surface area contributed by atoms with Gasteiger partial charge in [0.15, 0.2) is 5.60 Å². The van der Waals surface area contributed by atoms with Crippen LogP contribution in [0.1, 0.15) is 32.6 Å². The Kier molecular flexibility index (Phi) is 3.09. The van der Waals surface area contributed by atoms with Gasteiger partial charge in [-0.2, -0.15) is 0 Å². The van der Waals surface area contributed by atoms with Crippen LogP contribution in [0.2, 0.25) is 0 Å². The average molecular weight is 208 g/mol. The second kappa shape index (κ2) is 3.81. The number of carbonyl (C=O) groups excluding carboxylic acids is 1. The molecule has 0 aliphatic heterocycles. The summed E-state index contributed by atoms with van der Waals surface area (Å²) in [5.41, 5.74) is -1.70. The summed E-state index contributed by atoms with van der Waals surface area (Å²) in [5.74, 6) is -3.53. The molecule has 0 aromatic carbocycles. The van der Waals surface area contributed by atoms with Gasteiger partial charge in [0.05, 0.1) is 6.61 Å². The number of hydrogen-bond donors (Lipinski definition) is 1. The predicted molar refractivity (Wildman–Crippen MR) is 45.0 cm³/mol. The lowest BCUT2D eigenvalue weighted by molar-refractivity contribution is -0.176. The van der Waals surface area contributed by atoms with Gasteiger partial charge in [0.2, 0.25) is 5.92 Å². The van der Waals surface area contributed by atoms with E-state index in [2.05, 4.69) is 4.74 Å². The van der Waals surface area contributed by atoms with E-state index < -0.39 is 30.3 Å². The number of ether oxygens (including phenoxy) is 1. The number of carbonyl (C=O) groups is 1. The molecule has 1 saturated carbocycles. The molecule has 0 aromatic heterocycles. The summed E-state index contributed by atoms with van der Waals surface area (Å²) in [7, 11) is 0. The standard InChI is InChI=1S/C9H14F2O3/c1-2-14-7(12)8(13)3-5-9(10,11)6-4-8/h13H,2-6H2,1H3. The number of rotatable bonds is 2. The molecule has 0 unspecified atom stereocenters. The Morgan fingerprint density at radius 3 is 2.29 bits per heavy atom. The second-order valence-electron chi connectivity index (χ2n) is 3.61. The van der Waals surface area contributed by atoms with Crippen molar-refractivity contribution in [1.82, 2.24) is 0 Å². The molecule has 0 aromatic rings. The molecule has 1 aliphatic carbocycles. The zero-order valence-electron chi connectivity index (χ0n) is 8.06. The fourth-order valence-corrected chi connectivity index (χ4v) is 1.50. The lowest BCUT2D eigenvalue weighted by Gasteiger charge is -2.33. The van der Waals surface area contributed by atoms with Crippen molar-refractivity contribution in [2.24, 2.45) is 0 Å². The maximum atomic E-state index is 12.7. The Balaban J connectivity index is 2.57. The van der Waals surface area contributed by atoms with Gasteiger partial charge in [-0.25, -0.2) is 13.6 Å². The van der Waals surface area contributed by atoms with Crippen molar-refractivity contribution in [2.75, 3.05) is 6.61 Å². The molecule has 5 heteroatoms. The van der Waals surface area contributed by atoms with Crippen LogP contribution in [0.15, 0.2) is 0 Å². The van der Waals surface area contributed by atoms with E-state index in [0.717, 1.165) is 0 Å². The van der Waals surface area contributed by atoms with Crippen LogP contribution in [0.5, 0.6) is 0 Å². The van der Waals surface area contributed by atoms with E-state index in [1.54, 1.807) is 6.92 Å². The first kappa shape index (κ1) is 11.4. The second-order valence-corrected chi connectivity index (χ2v) is 3.61. The van der Waals surface area contributed by atoms with E-state index >= 15 is 0 Å². The van der Waals surface area contributed by atoms with E-state index in [1.807, 2.05) is 0 Å². The van der Waals surface area contributed by atoms with E-state index in [1.165, 1.54) is 0 Å². The van der Waals surface area contributed by atoms with Crippen LogP contribution in [0, 0.1) is 0 Å². The van der Waals surface area contributed by atoms with E-state index in [9.17, 15) is 18.7 Å². The summed E-state index contributed by atoms with van der Waals surface area (Å²) >= 11 is 0. The summed E-state index contributed by atoms with van der Waals surface area (Å²) in [6, 6.07) is 0. The molecule has 0 atom stereocenters. The maximum Gasteiger partial charge on any atom is 0.338 e. The highest BCUT2D eigenvalue weighted by atomic mass is 19.3. The molecule has 82 valence electrons. The Morgan fingerprint density at radius 2 is 1.86 bits per heavy atom. The lowest BCUT2D eigenvalue weighted by Crippen LogP contribution is -2.46. The van der Waals surface area contributed by atoms with E-state index in [-0.39, 0.29) is 19.4 Å². The molecule has 3 nitrogen and oxygen atoms in total. The molecule has 1 rings (SSSR count). The average Bonchev–Trinajstić information content (AvgIpc) is 2.11. The molecular weight excluding hydrogens is 194 g/mol. The van der Waals surface area contributed by atoms with Crippen molar-refractivity contribution < 1.29 is 23.4 Å². The third-order valence-corrected chi connectivity index (χ3v) is 2.46. The fraction of sp³-hybridized carbons (Fsp3) is 0.889. The summed E-state index contributed by atoms with van der Waals surface area (Å²) in [5, 5.41) is 9.70. The third kappa shape index (κ3) is 2.41. The Labute approximate surface area is 81.1 Å². The predicted octanol–water partition coefficient (Wildman–Crippen LogP) is 1.49. The van der Waals surface area contributed by atoms with E-state index in [0.29, 0.717) is 0 Å². The van der Waals surface area contributed by atoms with Crippen molar-refractivity contribution in [3.8, 4) is 0 Å². The lowest BCUT2D eigenvalue weighted by atomic mass is 9.83. The van der Waals surface area contributed by atoms with Crippen molar-refractivity contribution in [2.45, 2.75) is 44.1 Å². The quantitative estimate of drug-likeness (QED) is 0.699. The summed E-state index contributed by atoms with van der Waals surface area (Å²) in [6.07, 6.45) is -1.36. The van der Waals surface area contributed by atoms with Gasteiger partial charge < -0.3 is 9.84 Å². The largest absolute Gasteiger partial charge is 0.464 e. The summed E-state index contributed by atoms with van der Waals surface area (Å²) < 4.78 is 30.1. The van der Waals surface area contributed by atoms with Gasteiger partial charge >= 0.3 is 5.97 Å². The normalized spacial score (nSPS) is 24.3. The molecule has 1 N–H and O–H groups in total. The number of esters is 1. The Bertz CT molecular complexity index is 218. The molecule has 0 amide bonds. The fourth-order valence-electron chi connectivity index (χ4n) is 1.50. The SMILES string of the molecule is CCOC(=O)C1(O)CCC(F)(F)CC1. The first-order valence-electron chi connectivity index (χ1n) is 4.67. The van der Waals surface area contributed by atoms with Crippen LogP contribution in [0.4, 0.5) is 8.78 Å². The Morgan fingerprint density at radius 1 is 1.36 bits per heavy atom. The van der Waals surface area contributed by atoms with Crippen LogP contribution >= 0.6 is 0 Å². The molecule has 0 saturated heterocycles. The van der Waals surface area contributed by atoms with Gasteiger partial charge in [0.25, 0.3) is 0 Å².